The van der Waals surface area contributed by atoms with Crippen molar-refractivity contribution in [2.24, 2.45) is 0 Å². The first-order valence-corrected chi connectivity index (χ1v) is 6.51. The summed E-state index contributed by atoms with van der Waals surface area (Å²) in [5, 5.41) is 5.95. The Kier molecular flexibility index (Phi) is 4.59. The summed E-state index contributed by atoms with van der Waals surface area (Å²) in [6.07, 6.45) is -0.528. The second-order valence-electron chi connectivity index (χ2n) is 4.79. The summed E-state index contributed by atoms with van der Waals surface area (Å²) in [5.41, 5.74) is -0.864. The molecule has 0 aromatic carbocycles. The smallest absolute Gasteiger partial charge is 0.349 e. The molecule has 0 bridgehead atoms. The number of aromatic nitrogens is 1. The highest BCUT2D eigenvalue weighted by Crippen LogP contribution is 2.28. The summed E-state index contributed by atoms with van der Waals surface area (Å²) in [5.74, 6) is -0.453. The highest BCUT2D eigenvalue weighted by Gasteiger charge is 2.30. The van der Waals surface area contributed by atoms with Gasteiger partial charge in [-0.25, -0.2) is 0 Å². The maximum absolute atomic E-state index is 12.4. The number of carbonyl (C=O) groups excluding carboxylic acids is 1. The number of nitrogens with one attached hydrogen (secondary N) is 2. The molecule has 2 N–H and O–H groups in total. The zero-order valence-corrected chi connectivity index (χ0v) is 10.8. The topological polar surface area (TPSA) is 54.0 Å². The van der Waals surface area contributed by atoms with Gasteiger partial charge in [-0.05, 0) is 31.5 Å². The van der Waals surface area contributed by atoms with E-state index in [1.165, 1.54) is 0 Å². The lowest BCUT2D eigenvalue weighted by molar-refractivity contribution is -0.137. The standard InChI is InChI=1S/C13H16F3N3O/c14-13(15,16)9-4-5-11(18-7-9)12(20)19-8-10-3-1-2-6-17-10/h4-5,7,10,17H,1-3,6,8H2,(H,19,20). The van der Waals surface area contributed by atoms with Gasteiger partial charge in [0.25, 0.3) is 5.91 Å². The van der Waals surface area contributed by atoms with Gasteiger partial charge in [0.15, 0.2) is 0 Å². The van der Waals surface area contributed by atoms with Gasteiger partial charge in [0.1, 0.15) is 5.69 Å². The molecule has 1 unspecified atom stereocenters. The number of nitrogens with zero attached hydrogens (tertiary/aromatic N) is 1. The van der Waals surface area contributed by atoms with E-state index in [0.29, 0.717) is 12.7 Å². The zero-order valence-electron chi connectivity index (χ0n) is 10.8. The minimum absolute atomic E-state index is 0.00573. The van der Waals surface area contributed by atoms with E-state index in [1.54, 1.807) is 0 Å². The number of hydrogen-bond donors (Lipinski definition) is 2. The van der Waals surface area contributed by atoms with Crippen molar-refractivity contribution in [3.05, 3.63) is 29.6 Å². The van der Waals surface area contributed by atoms with Crippen molar-refractivity contribution in [3.8, 4) is 0 Å². The first-order chi connectivity index (χ1) is 9.47. The Morgan fingerprint density at radius 1 is 1.40 bits per heavy atom. The van der Waals surface area contributed by atoms with E-state index < -0.39 is 17.6 Å². The monoisotopic (exact) mass is 287 g/mol. The molecule has 7 heteroatoms. The number of carbonyl (C=O) groups is 1. The molecule has 1 amide bonds. The van der Waals surface area contributed by atoms with E-state index in [1.807, 2.05) is 0 Å². The third kappa shape index (κ3) is 3.93. The minimum Gasteiger partial charge on any atom is -0.349 e. The number of hydrogen-bond acceptors (Lipinski definition) is 3. The van der Waals surface area contributed by atoms with Crippen LogP contribution >= 0.6 is 0 Å². The fourth-order valence-electron chi connectivity index (χ4n) is 2.10. The van der Waals surface area contributed by atoms with E-state index in [2.05, 4.69) is 15.6 Å². The highest BCUT2D eigenvalue weighted by atomic mass is 19.4. The molecule has 0 radical (unpaired) electrons. The van der Waals surface area contributed by atoms with E-state index in [4.69, 9.17) is 0 Å². The van der Waals surface area contributed by atoms with Crippen LogP contribution in [-0.2, 0) is 6.18 Å². The summed E-state index contributed by atoms with van der Waals surface area (Å²) in [4.78, 5) is 15.3. The first kappa shape index (κ1) is 14.8. The van der Waals surface area contributed by atoms with Crippen molar-refractivity contribution in [3.63, 3.8) is 0 Å². The van der Waals surface area contributed by atoms with E-state index in [9.17, 15) is 18.0 Å². The Morgan fingerprint density at radius 2 is 2.20 bits per heavy atom. The highest BCUT2D eigenvalue weighted by molar-refractivity contribution is 5.92. The molecule has 1 aliphatic rings. The molecular weight excluding hydrogens is 271 g/mol. The lowest BCUT2D eigenvalue weighted by Crippen LogP contribution is -2.43. The Morgan fingerprint density at radius 3 is 2.75 bits per heavy atom. The van der Waals surface area contributed by atoms with Crippen LogP contribution in [0.3, 0.4) is 0 Å². The average molecular weight is 287 g/mol. The van der Waals surface area contributed by atoms with Crippen molar-refractivity contribution in [2.75, 3.05) is 13.1 Å². The minimum atomic E-state index is -4.44. The number of halogens is 3. The van der Waals surface area contributed by atoms with Crippen molar-refractivity contribution < 1.29 is 18.0 Å². The Hall–Kier alpha value is -1.63. The number of rotatable bonds is 3. The molecular formula is C13H16F3N3O. The summed E-state index contributed by atoms with van der Waals surface area (Å²) < 4.78 is 37.1. The third-order valence-electron chi connectivity index (χ3n) is 3.24. The molecule has 2 rings (SSSR count). The lowest BCUT2D eigenvalue weighted by atomic mass is 10.1. The molecule has 0 aliphatic carbocycles. The van der Waals surface area contributed by atoms with Gasteiger partial charge in [0.2, 0.25) is 0 Å². The van der Waals surface area contributed by atoms with Crippen LogP contribution in [0.15, 0.2) is 18.3 Å². The van der Waals surface area contributed by atoms with Crippen LogP contribution < -0.4 is 10.6 Å². The molecule has 1 aromatic rings. The quantitative estimate of drug-likeness (QED) is 0.893. The molecule has 1 atom stereocenters. The second-order valence-corrected chi connectivity index (χ2v) is 4.79. The predicted molar refractivity (Wildman–Crippen MR) is 67.2 cm³/mol. The SMILES string of the molecule is O=C(NCC1CCCCN1)c1ccc(C(F)(F)F)cn1. The normalized spacial score (nSPS) is 19.6. The summed E-state index contributed by atoms with van der Waals surface area (Å²) in [6, 6.07) is 2.18. The van der Waals surface area contributed by atoms with Crippen molar-refractivity contribution in [2.45, 2.75) is 31.5 Å². The van der Waals surface area contributed by atoms with Gasteiger partial charge < -0.3 is 10.6 Å². The van der Waals surface area contributed by atoms with Crippen molar-refractivity contribution in [1.82, 2.24) is 15.6 Å². The number of pyridine rings is 1. The number of amides is 1. The molecule has 1 fully saturated rings. The van der Waals surface area contributed by atoms with Gasteiger partial charge in [0.05, 0.1) is 5.56 Å². The predicted octanol–water partition coefficient (Wildman–Crippen LogP) is 1.97. The Balaban J connectivity index is 1.89. The summed E-state index contributed by atoms with van der Waals surface area (Å²) in [7, 11) is 0. The first-order valence-electron chi connectivity index (χ1n) is 6.51. The summed E-state index contributed by atoms with van der Waals surface area (Å²) in [6.45, 7) is 1.39. The fourth-order valence-corrected chi connectivity index (χ4v) is 2.10. The molecule has 0 spiro atoms. The van der Waals surface area contributed by atoms with Gasteiger partial charge in [-0.3, -0.25) is 9.78 Å². The molecule has 1 aliphatic heterocycles. The Labute approximate surface area is 114 Å². The average Bonchev–Trinajstić information content (AvgIpc) is 2.45. The van der Waals surface area contributed by atoms with Gasteiger partial charge >= 0.3 is 6.18 Å². The van der Waals surface area contributed by atoms with E-state index >= 15 is 0 Å². The zero-order chi connectivity index (χ0) is 14.6. The largest absolute Gasteiger partial charge is 0.417 e. The van der Waals surface area contributed by atoms with Crippen LogP contribution in [0.4, 0.5) is 13.2 Å². The van der Waals surface area contributed by atoms with Crippen molar-refractivity contribution >= 4 is 5.91 Å². The van der Waals surface area contributed by atoms with Gasteiger partial charge in [0, 0.05) is 18.8 Å². The van der Waals surface area contributed by atoms with E-state index in [-0.39, 0.29) is 11.7 Å². The van der Waals surface area contributed by atoms with Gasteiger partial charge in [-0.1, -0.05) is 6.42 Å². The molecule has 1 aromatic heterocycles. The molecule has 2 heterocycles. The molecule has 4 nitrogen and oxygen atoms in total. The fraction of sp³-hybridized carbons (Fsp3) is 0.538. The summed E-state index contributed by atoms with van der Waals surface area (Å²) >= 11 is 0. The van der Waals surface area contributed by atoms with Crippen LogP contribution in [-0.4, -0.2) is 30.0 Å². The third-order valence-corrected chi connectivity index (χ3v) is 3.24. The lowest BCUT2D eigenvalue weighted by Gasteiger charge is -2.23. The number of piperidine rings is 1. The van der Waals surface area contributed by atoms with Gasteiger partial charge in [-0.15, -0.1) is 0 Å². The van der Waals surface area contributed by atoms with Crippen LogP contribution in [0.25, 0.3) is 0 Å². The maximum atomic E-state index is 12.4. The maximum Gasteiger partial charge on any atom is 0.417 e. The van der Waals surface area contributed by atoms with Crippen molar-refractivity contribution in [1.29, 1.82) is 0 Å². The molecule has 110 valence electrons. The van der Waals surface area contributed by atoms with Crippen LogP contribution in [0.5, 0.6) is 0 Å². The van der Waals surface area contributed by atoms with Gasteiger partial charge in [-0.2, -0.15) is 13.2 Å². The molecule has 0 saturated carbocycles. The Bertz CT molecular complexity index is 453. The second kappa shape index (κ2) is 6.21. The van der Waals surface area contributed by atoms with Crippen LogP contribution in [0, 0.1) is 0 Å². The molecule has 1 saturated heterocycles. The van der Waals surface area contributed by atoms with E-state index in [0.717, 1.165) is 37.9 Å². The van der Waals surface area contributed by atoms with Crippen LogP contribution in [0.1, 0.15) is 35.3 Å². The number of alkyl halides is 3. The molecule has 20 heavy (non-hydrogen) atoms. The van der Waals surface area contributed by atoms with Crippen LogP contribution in [0.2, 0.25) is 0 Å².